The summed E-state index contributed by atoms with van der Waals surface area (Å²) in [6.07, 6.45) is 4.66. The van der Waals surface area contributed by atoms with Crippen molar-refractivity contribution < 1.29 is 9.90 Å². The molecule has 0 aromatic rings. The highest BCUT2D eigenvalue weighted by molar-refractivity contribution is 7.80. The highest BCUT2D eigenvalue weighted by Crippen LogP contribution is 2.31. The molecule has 1 aliphatic carbocycles. The molecule has 0 bridgehead atoms. The Morgan fingerprint density at radius 3 is 2.43 bits per heavy atom. The lowest BCUT2D eigenvalue weighted by Crippen LogP contribution is -2.28. The minimum absolute atomic E-state index is 0.113. The SMILES string of the molecule is N[C@H](CS)CC1CCC(C(=O)O)CC1. The fourth-order valence-corrected chi connectivity index (χ4v) is 2.30. The van der Waals surface area contributed by atoms with E-state index in [4.69, 9.17) is 10.8 Å². The zero-order valence-corrected chi connectivity index (χ0v) is 9.25. The third-order valence-electron chi connectivity index (χ3n) is 3.07. The summed E-state index contributed by atoms with van der Waals surface area (Å²) in [6.45, 7) is 0. The van der Waals surface area contributed by atoms with E-state index in [0.29, 0.717) is 5.92 Å². The quantitative estimate of drug-likeness (QED) is 0.626. The predicted molar refractivity (Wildman–Crippen MR) is 59.5 cm³/mol. The molecule has 1 atom stereocenters. The van der Waals surface area contributed by atoms with Gasteiger partial charge in [0.25, 0.3) is 0 Å². The van der Waals surface area contributed by atoms with E-state index in [-0.39, 0.29) is 12.0 Å². The van der Waals surface area contributed by atoms with Gasteiger partial charge in [0.2, 0.25) is 0 Å². The normalized spacial score (nSPS) is 29.9. The second kappa shape index (κ2) is 5.61. The lowest BCUT2D eigenvalue weighted by Gasteiger charge is -2.27. The molecule has 0 unspecified atom stereocenters. The number of hydrogen-bond acceptors (Lipinski definition) is 3. The van der Waals surface area contributed by atoms with Crippen LogP contribution in [0.25, 0.3) is 0 Å². The molecule has 3 nitrogen and oxygen atoms in total. The zero-order valence-electron chi connectivity index (χ0n) is 8.35. The highest BCUT2D eigenvalue weighted by atomic mass is 32.1. The molecule has 14 heavy (non-hydrogen) atoms. The van der Waals surface area contributed by atoms with Gasteiger partial charge in [-0.1, -0.05) is 0 Å². The smallest absolute Gasteiger partial charge is 0.306 e. The summed E-state index contributed by atoms with van der Waals surface area (Å²) in [5.74, 6) is 0.590. The van der Waals surface area contributed by atoms with E-state index in [1.54, 1.807) is 0 Å². The van der Waals surface area contributed by atoms with Crippen LogP contribution in [0.1, 0.15) is 32.1 Å². The molecule has 0 aromatic carbocycles. The fraction of sp³-hybridized carbons (Fsp3) is 0.900. The average Bonchev–Trinajstić information content (AvgIpc) is 2.18. The topological polar surface area (TPSA) is 63.3 Å². The van der Waals surface area contributed by atoms with Crippen LogP contribution < -0.4 is 5.73 Å². The molecule has 1 rings (SSSR count). The van der Waals surface area contributed by atoms with E-state index < -0.39 is 5.97 Å². The van der Waals surface area contributed by atoms with Gasteiger partial charge in [-0.25, -0.2) is 0 Å². The van der Waals surface area contributed by atoms with Crippen LogP contribution in [0.4, 0.5) is 0 Å². The maximum Gasteiger partial charge on any atom is 0.306 e. The van der Waals surface area contributed by atoms with Crippen molar-refractivity contribution in [2.75, 3.05) is 5.75 Å². The number of carboxylic acid groups (broad SMARTS) is 1. The van der Waals surface area contributed by atoms with E-state index in [1.807, 2.05) is 0 Å². The Morgan fingerprint density at radius 2 is 2.00 bits per heavy atom. The third-order valence-corrected chi connectivity index (χ3v) is 3.54. The first-order valence-corrected chi connectivity index (χ1v) is 5.86. The average molecular weight is 217 g/mol. The van der Waals surface area contributed by atoms with Gasteiger partial charge in [-0.05, 0) is 38.0 Å². The van der Waals surface area contributed by atoms with Crippen molar-refractivity contribution in [3.05, 3.63) is 0 Å². The van der Waals surface area contributed by atoms with Gasteiger partial charge in [0, 0.05) is 11.8 Å². The summed E-state index contributed by atoms with van der Waals surface area (Å²) in [4.78, 5) is 10.7. The molecule has 82 valence electrons. The first kappa shape index (κ1) is 11.9. The molecule has 0 aromatic heterocycles. The van der Waals surface area contributed by atoms with Crippen LogP contribution >= 0.6 is 12.6 Å². The van der Waals surface area contributed by atoms with Gasteiger partial charge >= 0.3 is 5.97 Å². The molecule has 0 amide bonds. The molecule has 0 saturated heterocycles. The highest BCUT2D eigenvalue weighted by Gasteiger charge is 2.26. The molecular weight excluding hydrogens is 198 g/mol. The van der Waals surface area contributed by atoms with Gasteiger partial charge in [-0.2, -0.15) is 12.6 Å². The second-order valence-electron chi connectivity index (χ2n) is 4.23. The van der Waals surface area contributed by atoms with Crippen LogP contribution in [0, 0.1) is 11.8 Å². The number of carboxylic acids is 1. The Balaban J connectivity index is 2.25. The Bertz CT molecular complexity index is 191. The maximum atomic E-state index is 10.7. The van der Waals surface area contributed by atoms with Crippen molar-refractivity contribution in [3.8, 4) is 0 Å². The first-order valence-electron chi connectivity index (χ1n) is 5.22. The van der Waals surface area contributed by atoms with E-state index in [0.717, 1.165) is 37.9 Å². The van der Waals surface area contributed by atoms with Gasteiger partial charge in [0.15, 0.2) is 0 Å². The number of rotatable bonds is 4. The number of carbonyl (C=O) groups is 1. The summed E-state index contributed by atoms with van der Waals surface area (Å²) < 4.78 is 0. The first-order chi connectivity index (χ1) is 6.63. The van der Waals surface area contributed by atoms with Crippen LogP contribution in [0.2, 0.25) is 0 Å². The minimum atomic E-state index is -0.637. The number of aliphatic carboxylic acids is 1. The molecule has 1 fully saturated rings. The Labute approximate surface area is 90.5 Å². The van der Waals surface area contributed by atoms with Crippen molar-refractivity contribution in [3.63, 3.8) is 0 Å². The number of thiol groups is 1. The van der Waals surface area contributed by atoms with Gasteiger partial charge in [-0.3, -0.25) is 4.79 Å². The fourth-order valence-electron chi connectivity index (χ4n) is 2.15. The Hall–Kier alpha value is -0.220. The standard InChI is InChI=1S/C10H19NO2S/c11-9(6-14)5-7-1-3-8(4-2-7)10(12)13/h7-9,14H,1-6,11H2,(H,12,13)/t7?,8?,9-/m0/s1. The zero-order chi connectivity index (χ0) is 10.6. The van der Waals surface area contributed by atoms with E-state index >= 15 is 0 Å². The number of nitrogens with two attached hydrogens (primary N) is 1. The predicted octanol–water partition coefficient (Wildman–Crippen LogP) is 1.52. The van der Waals surface area contributed by atoms with Crippen LogP contribution in [0.5, 0.6) is 0 Å². The molecule has 0 aliphatic heterocycles. The van der Waals surface area contributed by atoms with Crippen LogP contribution in [-0.4, -0.2) is 22.9 Å². The summed E-state index contributed by atoms with van der Waals surface area (Å²) in [6, 6.07) is 0.171. The van der Waals surface area contributed by atoms with Crippen molar-refractivity contribution >= 4 is 18.6 Å². The van der Waals surface area contributed by atoms with Crippen molar-refractivity contribution in [1.29, 1.82) is 0 Å². The van der Waals surface area contributed by atoms with Gasteiger partial charge < -0.3 is 10.8 Å². The van der Waals surface area contributed by atoms with E-state index in [1.165, 1.54) is 0 Å². The number of hydrogen-bond donors (Lipinski definition) is 3. The molecule has 0 spiro atoms. The lowest BCUT2D eigenvalue weighted by molar-refractivity contribution is -0.143. The lowest BCUT2D eigenvalue weighted by atomic mass is 9.79. The summed E-state index contributed by atoms with van der Waals surface area (Å²) >= 11 is 4.15. The molecular formula is C10H19NO2S. The molecule has 0 radical (unpaired) electrons. The van der Waals surface area contributed by atoms with Crippen molar-refractivity contribution in [1.82, 2.24) is 0 Å². The maximum absolute atomic E-state index is 10.7. The molecule has 0 heterocycles. The van der Waals surface area contributed by atoms with E-state index in [9.17, 15) is 4.79 Å². The summed E-state index contributed by atoms with van der Waals surface area (Å²) in [7, 11) is 0. The Kier molecular flexibility index (Phi) is 4.75. The van der Waals surface area contributed by atoms with Gasteiger partial charge in [0.1, 0.15) is 0 Å². The molecule has 3 N–H and O–H groups in total. The molecule has 1 saturated carbocycles. The van der Waals surface area contributed by atoms with Gasteiger partial charge in [0.05, 0.1) is 5.92 Å². The van der Waals surface area contributed by atoms with Crippen LogP contribution in [0.3, 0.4) is 0 Å². The summed E-state index contributed by atoms with van der Waals surface area (Å²) in [5, 5.41) is 8.82. The third kappa shape index (κ3) is 3.50. The molecule has 1 aliphatic rings. The summed E-state index contributed by atoms with van der Waals surface area (Å²) in [5.41, 5.74) is 5.81. The van der Waals surface area contributed by atoms with Crippen molar-refractivity contribution in [2.45, 2.75) is 38.1 Å². The monoisotopic (exact) mass is 217 g/mol. The van der Waals surface area contributed by atoms with E-state index in [2.05, 4.69) is 12.6 Å². The second-order valence-corrected chi connectivity index (χ2v) is 4.60. The molecule has 4 heteroatoms. The van der Waals surface area contributed by atoms with Crippen molar-refractivity contribution in [2.24, 2.45) is 17.6 Å². The van der Waals surface area contributed by atoms with Crippen LogP contribution in [-0.2, 0) is 4.79 Å². The Morgan fingerprint density at radius 1 is 1.43 bits per heavy atom. The largest absolute Gasteiger partial charge is 0.481 e. The minimum Gasteiger partial charge on any atom is -0.481 e. The van der Waals surface area contributed by atoms with Crippen LogP contribution in [0.15, 0.2) is 0 Å². The van der Waals surface area contributed by atoms with Gasteiger partial charge in [-0.15, -0.1) is 0 Å².